The molecule has 0 aliphatic heterocycles. The second-order valence-electron chi connectivity index (χ2n) is 2.32. The molecule has 0 amide bonds. The van der Waals surface area contributed by atoms with E-state index in [1.807, 2.05) is 0 Å². The summed E-state index contributed by atoms with van der Waals surface area (Å²) in [6, 6.07) is 0. The highest BCUT2D eigenvalue weighted by atomic mass is 16.5. The minimum absolute atomic E-state index is 0.794. The standard InChI is InChI=1S/C7H18N2O/c8-4-2-1-3-6-10-7-5-9/h1-9H2/p+1. The van der Waals surface area contributed by atoms with E-state index in [0.29, 0.717) is 0 Å². The van der Waals surface area contributed by atoms with Gasteiger partial charge in [0.15, 0.2) is 0 Å². The minimum Gasteiger partial charge on any atom is -0.376 e. The van der Waals surface area contributed by atoms with Gasteiger partial charge in [0.05, 0.1) is 13.2 Å². The summed E-state index contributed by atoms with van der Waals surface area (Å²) in [7, 11) is 0. The molecule has 0 aromatic rings. The van der Waals surface area contributed by atoms with Gasteiger partial charge >= 0.3 is 0 Å². The Labute approximate surface area is 62.7 Å². The summed E-state index contributed by atoms with van der Waals surface area (Å²) in [6.07, 6.45) is 3.44. The highest BCUT2D eigenvalue weighted by Crippen LogP contribution is 1.92. The Morgan fingerprint density at radius 1 is 1.10 bits per heavy atom. The van der Waals surface area contributed by atoms with Gasteiger partial charge in [-0.15, -0.1) is 0 Å². The van der Waals surface area contributed by atoms with Crippen molar-refractivity contribution in [2.45, 2.75) is 19.3 Å². The summed E-state index contributed by atoms with van der Waals surface area (Å²) in [5.41, 5.74) is 8.99. The second-order valence-corrected chi connectivity index (χ2v) is 2.32. The Hall–Kier alpha value is -0.120. The summed E-state index contributed by atoms with van der Waals surface area (Å²) < 4.78 is 5.23. The third-order valence-corrected chi connectivity index (χ3v) is 1.28. The summed E-state index contributed by atoms with van der Waals surface area (Å²) in [6.45, 7) is 3.34. The Balaban J connectivity index is 2.65. The average molecular weight is 147 g/mol. The van der Waals surface area contributed by atoms with E-state index in [2.05, 4.69) is 5.73 Å². The molecular formula is C7H19N2O+. The molecule has 3 nitrogen and oxygen atoms in total. The molecule has 0 rings (SSSR count). The molecule has 0 aromatic carbocycles. The van der Waals surface area contributed by atoms with Crippen LogP contribution in [0.25, 0.3) is 0 Å². The number of ether oxygens (including phenoxy) is 1. The van der Waals surface area contributed by atoms with Gasteiger partial charge in [-0.2, -0.15) is 0 Å². The fourth-order valence-electron chi connectivity index (χ4n) is 0.729. The number of hydrogen-bond acceptors (Lipinski definition) is 2. The monoisotopic (exact) mass is 147 g/mol. The van der Waals surface area contributed by atoms with Crippen molar-refractivity contribution in [3.05, 3.63) is 0 Å². The lowest BCUT2D eigenvalue weighted by Crippen LogP contribution is -2.52. The van der Waals surface area contributed by atoms with Gasteiger partial charge in [-0.25, -0.2) is 0 Å². The SMILES string of the molecule is NCCCCCOCC[NH3+]. The Morgan fingerprint density at radius 3 is 2.50 bits per heavy atom. The van der Waals surface area contributed by atoms with Crippen LogP contribution in [0.1, 0.15) is 19.3 Å². The summed E-state index contributed by atoms with van der Waals surface area (Å²) in [5, 5.41) is 0. The van der Waals surface area contributed by atoms with Gasteiger partial charge in [0.25, 0.3) is 0 Å². The van der Waals surface area contributed by atoms with E-state index in [4.69, 9.17) is 10.5 Å². The number of quaternary nitrogens is 1. The smallest absolute Gasteiger partial charge is 0.0977 e. The van der Waals surface area contributed by atoms with Gasteiger partial charge < -0.3 is 16.2 Å². The number of rotatable bonds is 7. The van der Waals surface area contributed by atoms with Gasteiger partial charge in [-0.1, -0.05) is 0 Å². The van der Waals surface area contributed by atoms with Crippen molar-refractivity contribution in [1.29, 1.82) is 0 Å². The van der Waals surface area contributed by atoms with Crippen molar-refractivity contribution in [2.75, 3.05) is 26.3 Å². The van der Waals surface area contributed by atoms with Gasteiger partial charge in [0, 0.05) is 6.61 Å². The van der Waals surface area contributed by atoms with E-state index in [9.17, 15) is 0 Å². The van der Waals surface area contributed by atoms with Crippen molar-refractivity contribution in [3.8, 4) is 0 Å². The fraction of sp³-hybridized carbons (Fsp3) is 1.00. The van der Waals surface area contributed by atoms with E-state index in [-0.39, 0.29) is 0 Å². The Morgan fingerprint density at radius 2 is 1.90 bits per heavy atom. The van der Waals surface area contributed by atoms with E-state index >= 15 is 0 Å². The normalized spacial score (nSPS) is 10.2. The molecule has 0 bridgehead atoms. The Kier molecular flexibility index (Phi) is 8.77. The first kappa shape index (κ1) is 9.88. The zero-order valence-electron chi connectivity index (χ0n) is 6.64. The molecule has 0 atom stereocenters. The van der Waals surface area contributed by atoms with Gasteiger partial charge in [0.2, 0.25) is 0 Å². The molecule has 0 unspecified atom stereocenters. The zero-order chi connectivity index (χ0) is 7.66. The van der Waals surface area contributed by atoms with Crippen molar-refractivity contribution in [1.82, 2.24) is 0 Å². The van der Waals surface area contributed by atoms with Gasteiger partial charge in [0.1, 0.15) is 0 Å². The molecular weight excluding hydrogens is 128 g/mol. The van der Waals surface area contributed by atoms with E-state index in [1.165, 1.54) is 6.42 Å². The Bertz CT molecular complexity index is 51.6. The fourth-order valence-corrected chi connectivity index (χ4v) is 0.729. The first-order valence-electron chi connectivity index (χ1n) is 3.99. The predicted molar refractivity (Wildman–Crippen MR) is 41.5 cm³/mol. The third kappa shape index (κ3) is 7.88. The number of hydrogen-bond donors (Lipinski definition) is 2. The lowest BCUT2D eigenvalue weighted by molar-refractivity contribution is -0.374. The molecule has 0 spiro atoms. The molecule has 3 heteroatoms. The maximum absolute atomic E-state index is 5.32. The van der Waals surface area contributed by atoms with E-state index in [1.54, 1.807) is 0 Å². The first-order chi connectivity index (χ1) is 4.91. The highest BCUT2D eigenvalue weighted by Gasteiger charge is 1.87. The molecule has 62 valence electrons. The van der Waals surface area contributed by atoms with Crippen molar-refractivity contribution in [2.24, 2.45) is 5.73 Å². The zero-order valence-corrected chi connectivity index (χ0v) is 6.64. The summed E-state index contributed by atoms with van der Waals surface area (Å²) in [4.78, 5) is 0. The quantitative estimate of drug-likeness (QED) is 0.471. The number of nitrogens with two attached hydrogens (primary N) is 1. The molecule has 0 saturated carbocycles. The molecule has 0 saturated heterocycles. The largest absolute Gasteiger partial charge is 0.376 e. The molecule has 0 aliphatic carbocycles. The first-order valence-corrected chi connectivity index (χ1v) is 3.99. The maximum Gasteiger partial charge on any atom is 0.0977 e. The molecule has 0 aromatic heterocycles. The van der Waals surface area contributed by atoms with Crippen LogP contribution in [0.2, 0.25) is 0 Å². The molecule has 0 radical (unpaired) electrons. The minimum atomic E-state index is 0.794. The van der Waals surface area contributed by atoms with Crippen molar-refractivity contribution in [3.63, 3.8) is 0 Å². The molecule has 0 heterocycles. The highest BCUT2D eigenvalue weighted by molar-refractivity contribution is 4.40. The van der Waals surface area contributed by atoms with E-state index < -0.39 is 0 Å². The van der Waals surface area contributed by atoms with Crippen LogP contribution in [-0.4, -0.2) is 26.3 Å². The van der Waals surface area contributed by atoms with Crippen LogP contribution in [0, 0.1) is 0 Å². The maximum atomic E-state index is 5.32. The van der Waals surface area contributed by atoms with E-state index in [0.717, 1.165) is 39.1 Å². The van der Waals surface area contributed by atoms with Crippen LogP contribution in [0.3, 0.4) is 0 Å². The van der Waals surface area contributed by atoms with Crippen LogP contribution in [0.15, 0.2) is 0 Å². The topological polar surface area (TPSA) is 62.9 Å². The van der Waals surface area contributed by atoms with Gasteiger partial charge in [-0.05, 0) is 25.8 Å². The molecule has 0 fully saturated rings. The summed E-state index contributed by atoms with van der Waals surface area (Å²) >= 11 is 0. The van der Waals surface area contributed by atoms with Crippen molar-refractivity contribution < 1.29 is 10.5 Å². The van der Waals surface area contributed by atoms with Crippen LogP contribution in [-0.2, 0) is 4.74 Å². The summed E-state index contributed by atoms with van der Waals surface area (Å²) in [5.74, 6) is 0. The average Bonchev–Trinajstić information content (AvgIpc) is 1.97. The van der Waals surface area contributed by atoms with Crippen LogP contribution >= 0.6 is 0 Å². The van der Waals surface area contributed by atoms with Crippen LogP contribution in [0.5, 0.6) is 0 Å². The predicted octanol–water partition coefficient (Wildman–Crippen LogP) is -0.626. The van der Waals surface area contributed by atoms with Crippen LogP contribution < -0.4 is 11.5 Å². The molecule has 10 heavy (non-hydrogen) atoms. The second kappa shape index (κ2) is 8.88. The number of unbranched alkanes of at least 4 members (excludes halogenated alkanes) is 2. The van der Waals surface area contributed by atoms with Crippen molar-refractivity contribution >= 4 is 0 Å². The van der Waals surface area contributed by atoms with Gasteiger partial charge in [-0.3, -0.25) is 0 Å². The lowest BCUT2D eigenvalue weighted by atomic mass is 10.2. The lowest BCUT2D eigenvalue weighted by Gasteiger charge is -1.99. The molecule has 5 N–H and O–H groups in total. The molecule has 0 aliphatic rings. The van der Waals surface area contributed by atoms with Crippen LogP contribution in [0.4, 0.5) is 0 Å². The third-order valence-electron chi connectivity index (χ3n) is 1.28.